The number of aryl methyl sites for hydroxylation is 2. The van der Waals surface area contributed by atoms with Gasteiger partial charge in [0.1, 0.15) is 10.6 Å². The average molecular weight is 298 g/mol. The molecule has 4 nitrogen and oxygen atoms in total. The fourth-order valence-electron chi connectivity index (χ4n) is 1.60. The number of rotatable bonds is 3. The second-order valence-electron chi connectivity index (χ2n) is 4.14. The van der Waals surface area contributed by atoms with Gasteiger partial charge < -0.3 is 4.74 Å². The monoisotopic (exact) mass is 297 g/mol. The van der Waals surface area contributed by atoms with Crippen molar-refractivity contribution in [2.75, 3.05) is 0 Å². The number of aromatic nitrogens is 1. The molecule has 19 heavy (non-hydrogen) atoms. The van der Waals surface area contributed by atoms with Crippen LogP contribution in [0.1, 0.15) is 11.1 Å². The van der Waals surface area contributed by atoms with Gasteiger partial charge in [-0.1, -0.05) is 17.7 Å². The Morgan fingerprint density at radius 1 is 1.16 bits per heavy atom. The van der Waals surface area contributed by atoms with Crippen LogP contribution in [0.2, 0.25) is 0 Å². The van der Waals surface area contributed by atoms with Crippen molar-refractivity contribution in [1.82, 2.24) is 4.98 Å². The van der Waals surface area contributed by atoms with E-state index in [0.29, 0.717) is 11.6 Å². The summed E-state index contributed by atoms with van der Waals surface area (Å²) >= 11 is 0. The van der Waals surface area contributed by atoms with Gasteiger partial charge >= 0.3 is 0 Å². The molecule has 0 aliphatic carbocycles. The zero-order chi connectivity index (χ0) is 14.0. The fraction of sp³-hybridized carbons (Fsp3) is 0.154. The van der Waals surface area contributed by atoms with Crippen molar-refractivity contribution >= 4 is 19.7 Å². The zero-order valence-corrected chi connectivity index (χ0v) is 12.0. The third kappa shape index (κ3) is 3.45. The van der Waals surface area contributed by atoms with Crippen LogP contribution in [0.4, 0.5) is 0 Å². The van der Waals surface area contributed by atoms with Crippen LogP contribution in [0.3, 0.4) is 0 Å². The van der Waals surface area contributed by atoms with Gasteiger partial charge in [-0.05, 0) is 31.5 Å². The highest BCUT2D eigenvalue weighted by atomic mass is 35.7. The van der Waals surface area contributed by atoms with Gasteiger partial charge in [-0.2, -0.15) is 0 Å². The van der Waals surface area contributed by atoms with Crippen molar-refractivity contribution in [3.05, 3.63) is 47.7 Å². The van der Waals surface area contributed by atoms with Crippen LogP contribution in [0.15, 0.2) is 41.4 Å². The molecule has 0 aliphatic heterocycles. The van der Waals surface area contributed by atoms with Crippen LogP contribution >= 0.6 is 10.7 Å². The van der Waals surface area contributed by atoms with Crippen molar-refractivity contribution in [3.63, 3.8) is 0 Å². The summed E-state index contributed by atoms with van der Waals surface area (Å²) in [5.74, 6) is 0.996. The van der Waals surface area contributed by atoms with E-state index in [9.17, 15) is 8.42 Å². The fourth-order valence-corrected chi connectivity index (χ4v) is 2.28. The van der Waals surface area contributed by atoms with Crippen LogP contribution in [-0.2, 0) is 9.05 Å². The number of nitrogens with zero attached hydrogens (tertiary/aromatic N) is 1. The maximum absolute atomic E-state index is 11.1. The molecular formula is C13H12ClNO3S. The van der Waals surface area contributed by atoms with Crippen LogP contribution in [0.25, 0.3) is 0 Å². The van der Waals surface area contributed by atoms with E-state index >= 15 is 0 Å². The van der Waals surface area contributed by atoms with E-state index in [4.69, 9.17) is 15.4 Å². The van der Waals surface area contributed by atoms with Crippen LogP contribution in [0, 0.1) is 13.8 Å². The number of pyridine rings is 1. The minimum absolute atomic E-state index is 0.0536. The molecule has 2 rings (SSSR count). The van der Waals surface area contributed by atoms with Crippen molar-refractivity contribution in [2.24, 2.45) is 0 Å². The first-order chi connectivity index (χ1) is 8.86. The third-order valence-electron chi connectivity index (χ3n) is 2.54. The van der Waals surface area contributed by atoms with Gasteiger partial charge in [-0.25, -0.2) is 13.4 Å². The molecule has 1 heterocycles. The molecule has 2 aromatic rings. The molecule has 0 saturated heterocycles. The largest absolute Gasteiger partial charge is 0.439 e. The quantitative estimate of drug-likeness (QED) is 0.815. The van der Waals surface area contributed by atoms with Crippen LogP contribution in [0.5, 0.6) is 11.6 Å². The SMILES string of the molecule is Cc1ccc(Oc2ccc(S(=O)(=O)Cl)cn2)c(C)c1. The standard InChI is InChI=1S/C13H12ClNO3S/c1-9-3-5-12(10(2)7-9)18-13-6-4-11(8-15-13)19(14,16)17/h3-8H,1-2H3. The van der Waals surface area contributed by atoms with E-state index in [1.807, 2.05) is 32.0 Å². The van der Waals surface area contributed by atoms with E-state index < -0.39 is 9.05 Å². The lowest BCUT2D eigenvalue weighted by Gasteiger charge is -2.08. The Hall–Kier alpha value is -1.59. The van der Waals surface area contributed by atoms with Gasteiger partial charge in [0.15, 0.2) is 0 Å². The van der Waals surface area contributed by atoms with Gasteiger partial charge in [0, 0.05) is 16.7 Å². The van der Waals surface area contributed by atoms with E-state index in [1.165, 1.54) is 18.3 Å². The maximum atomic E-state index is 11.1. The molecule has 0 N–H and O–H groups in total. The second-order valence-corrected chi connectivity index (χ2v) is 6.71. The second kappa shape index (κ2) is 5.19. The third-order valence-corrected chi connectivity index (χ3v) is 3.87. The van der Waals surface area contributed by atoms with Gasteiger partial charge in [0.25, 0.3) is 9.05 Å². The lowest BCUT2D eigenvalue weighted by atomic mass is 10.1. The van der Waals surface area contributed by atoms with Gasteiger partial charge in [0.2, 0.25) is 5.88 Å². The molecule has 0 spiro atoms. The van der Waals surface area contributed by atoms with E-state index in [1.54, 1.807) is 0 Å². The molecule has 0 bridgehead atoms. The summed E-state index contributed by atoms with van der Waals surface area (Å²) in [5.41, 5.74) is 2.12. The summed E-state index contributed by atoms with van der Waals surface area (Å²) in [6.07, 6.45) is 1.17. The van der Waals surface area contributed by atoms with Crippen molar-refractivity contribution in [1.29, 1.82) is 0 Å². The molecule has 1 aromatic heterocycles. The highest BCUT2D eigenvalue weighted by Crippen LogP contribution is 2.25. The number of hydrogen-bond donors (Lipinski definition) is 0. The predicted molar refractivity (Wildman–Crippen MR) is 73.3 cm³/mol. The van der Waals surface area contributed by atoms with Crippen molar-refractivity contribution in [2.45, 2.75) is 18.7 Å². The number of halogens is 1. The minimum atomic E-state index is -3.75. The summed E-state index contributed by atoms with van der Waals surface area (Å²) in [7, 11) is 1.45. The predicted octanol–water partition coefficient (Wildman–Crippen LogP) is 3.42. The molecule has 0 unspecified atom stereocenters. The Labute approximate surface area is 116 Å². The maximum Gasteiger partial charge on any atom is 0.262 e. The molecule has 0 fully saturated rings. The van der Waals surface area contributed by atoms with E-state index in [2.05, 4.69) is 4.98 Å². The Balaban J connectivity index is 2.25. The molecule has 0 atom stereocenters. The number of ether oxygens (including phenoxy) is 1. The Kier molecular flexibility index (Phi) is 3.78. The molecular weight excluding hydrogens is 286 g/mol. The first kappa shape index (κ1) is 13.8. The molecule has 100 valence electrons. The van der Waals surface area contributed by atoms with Crippen molar-refractivity contribution < 1.29 is 13.2 Å². The lowest BCUT2D eigenvalue weighted by Crippen LogP contribution is -1.94. The zero-order valence-electron chi connectivity index (χ0n) is 10.4. The smallest absolute Gasteiger partial charge is 0.262 e. The first-order valence-corrected chi connectivity index (χ1v) is 7.83. The summed E-state index contributed by atoms with van der Waals surface area (Å²) in [4.78, 5) is 3.86. The highest BCUT2D eigenvalue weighted by Gasteiger charge is 2.10. The molecule has 0 radical (unpaired) electrons. The Morgan fingerprint density at radius 3 is 2.42 bits per heavy atom. The molecule has 0 aliphatic rings. The molecule has 0 amide bonds. The summed E-state index contributed by atoms with van der Waals surface area (Å²) < 4.78 is 27.7. The Morgan fingerprint density at radius 2 is 1.89 bits per heavy atom. The minimum Gasteiger partial charge on any atom is -0.439 e. The molecule has 0 saturated carbocycles. The highest BCUT2D eigenvalue weighted by molar-refractivity contribution is 8.13. The van der Waals surface area contributed by atoms with Gasteiger partial charge in [-0.3, -0.25) is 0 Å². The summed E-state index contributed by atoms with van der Waals surface area (Å²) in [5, 5.41) is 0. The van der Waals surface area contributed by atoms with Crippen LogP contribution < -0.4 is 4.74 Å². The normalized spacial score (nSPS) is 11.3. The number of benzene rings is 1. The van der Waals surface area contributed by atoms with E-state index in [0.717, 1.165) is 11.1 Å². The van der Waals surface area contributed by atoms with Crippen molar-refractivity contribution in [3.8, 4) is 11.6 Å². The van der Waals surface area contributed by atoms with Gasteiger partial charge in [-0.15, -0.1) is 0 Å². The average Bonchev–Trinajstić information content (AvgIpc) is 2.32. The van der Waals surface area contributed by atoms with E-state index in [-0.39, 0.29) is 4.90 Å². The first-order valence-electron chi connectivity index (χ1n) is 5.52. The summed E-state index contributed by atoms with van der Waals surface area (Å²) in [6, 6.07) is 8.59. The Bertz CT molecular complexity index is 696. The lowest BCUT2D eigenvalue weighted by molar-refractivity contribution is 0.458. The molecule has 1 aromatic carbocycles. The number of hydrogen-bond acceptors (Lipinski definition) is 4. The summed E-state index contributed by atoms with van der Waals surface area (Å²) in [6.45, 7) is 3.93. The van der Waals surface area contributed by atoms with Gasteiger partial charge in [0.05, 0.1) is 6.20 Å². The molecule has 6 heteroatoms. The topological polar surface area (TPSA) is 56.3 Å². The van der Waals surface area contributed by atoms with Crippen LogP contribution in [-0.4, -0.2) is 13.4 Å².